The van der Waals surface area contributed by atoms with Gasteiger partial charge in [0.1, 0.15) is 11.4 Å². The Morgan fingerprint density at radius 1 is 1.26 bits per heavy atom. The fourth-order valence-electron chi connectivity index (χ4n) is 2.67. The third kappa shape index (κ3) is 3.89. The van der Waals surface area contributed by atoms with Crippen molar-refractivity contribution in [1.29, 1.82) is 0 Å². The van der Waals surface area contributed by atoms with Crippen molar-refractivity contribution >= 4 is 29.1 Å². The van der Waals surface area contributed by atoms with Gasteiger partial charge in [-0.1, -0.05) is 12.1 Å². The summed E-state index contributed by atoms with van der Waals surface area (Å²) in [5, 5.41) is 10.00. The number of hydrogen-bond acceptors (Lipinski definition) is 6. The van der Waals surface area contributed by atoms with E-state index in [4.69, 9.17) is 4.74 Å². The molecule has 1 aromatic heterocycles. The zero-order chi connectivity index (χ0) is 19.4. The molecule has 0 spiro atoms. The van der Waals surface area contributed by atoms with E-state index >= 15 is 0 Å². The van der Waals surface area contributed by atoms with Crippen LogP contribution >= 0.6 is 0 Å². The van der Waals surface area contributed by atoms with Crippen LogP contribution in [0.3, 0.4) is 0 Å². The van der Waals surface area contributed by atoms with Gasteiger partial charge in [0.15, 0.2) is 0 Å². The minimum Gasteiger partial charge on any atom is -0.462 e. The van der Waals surface area contributed by atoms with Crippen molar-refractivity contribution in [3.05, 3.63) is 53.5 Å². The SMILES string of the molecule is CCOC(=O)C1=C(C)Nc2ccccc2N=C1NC(=O)c1cnn(CC)c1. The van der Waals surface area contributed by atoms with Crippen LogP contribution in [0.4, 0.5) is 11.4 Å². The number of nitrogens with zero attached hydrogens (tertiary/aromatic N) is 3. The number of ether oxygens (including phenoxy) is 1. The lowest BCUT2D eigenvalue weighted by Crippen LogP contribution is -2.35. The van der Waals surface area contributed by atoms with E-state index in [1.165, 1.54) is 6.20 Å². The van der Waals surface area contributed by atoms with Crippen LogP contribution in [0.2, 0.25) is 0 Å². The maximum absolute atomic E-state index is 12.7. The van der Waals surface area contributed by atoms with Gasteiger partial charge in [0.2, 0.25) is 0 Å². The number of carbonyl (C=O) groups excluding carboxylic acids is 2. The number of aliphatic imine (C=N–C) groups is 1. The predicted molar refractivity (Wildman–Crippen MR) is 102 cm³/mol. The first-order valence-corrected chi connectivity index (χ1v) is 8.70. The number of rotatable bonds is 4. The summed E-state index contributed by atoms with van der Waals surface area (Å²) in [6, 6.07) is 7.34. The van der Waals surface area contributed by atoms with Gasteiger partial charge < -0.3 is 15.4 Å². The van der Waals surface area contributed by atoms with E-state index < -0.39 is 11.9 Å². The molecule has 0 unspecified atom stereocenters. The molecule has 1 aromatic carbocycles. The van der Waals surface area contributed by atoms with Gasteiger partial charge in [-0.15, -0.1) is 0 Å². The van der Waals surface area contributed by atoms with Crippen LogP contribution in [0, 0.1) is 0 Å². The van der Waals surface area contributed by atoms with Crippen molar-refractivity contribution in [3.63, 3.8) is 0 Å². The lowest BCUT2D eigenvalue weighted by atomic mass is 10.1. The van der Waals surface area contributed by atoms with Crippen molar-refractivity contribution in [2.75, 3.05) is 11.9 Å². The highest BCUT2D eigenvalue weighted by molar-refractivity contribution is 6.25. The largest absolute Gasteiger partial charge is 0.462 e. The van der Waals surface area contributed by atoms with Crippen molar-refractivity contribution in [2.24, 2.45) is 4.99 Å². The van der Waals surface area contributed by atoms with E-state index in [-0.39, 0.29) is 18.0 Å². The number of para-hydroxylation sites is 2. The summed E-state index contributed by atoms with van der Waals surface area (Å²) in [4.78, 5) is 29.7. The Morgan fingerprint density at radius 2 is 2.04 bits per heavy atom. The Morgan fingerprint density at radius 3 is 2.74 bits per heavy atom. The number of allylic oxidation sites excluding steroid dienone is 1. The number of amides is 1. The molecule has 1 aliphatic heterocycles. The highest BCUT2D eigenvalue weighted by Gasteiger charge is 2.26. The molecule has 0 fully saturated rings. The van der Waals surface area contributed by atoms with Crippen LogP contribution in [-0.2, 0) is 16.1 Å². The second kappa shape index (κ2) is 7.86. The lowest BCUT2D eigenvalue weighted by Gasteiger charge is -2.13. The molecule has 8 heteroatoms. The van der Waals surface area contributed by atoms with E-state index in [1.807, 2.05) is 25.1 Å². The maximum Gasteiger partial charge on any atom is 0.343 e. The smallest absolute Gasteiger partial charge is 0.343 e. The van der Waals surface area contributed by atoms with Crippen molar-refractivity contribution in [1.82, 2.24) is 15.1 Å². The Bertz CT molecular complexity index is 942. The third-order valence-electron chi connectivity index (χ3n) is 4.00. The monoisotopic (exact) mass is 367 g/mol. The number of benzene rings is 1. The Balaban J connectivity index is 2.01. The minimum absolute atomic E-state index is 0.137. The minimum atomic E-state index is -0.557. The number of anilines is 1. The summed E-state index contributed by atoms with van der Waals surface area (Å²) in [5.74, 6) is -0.821. The average Bonchev–Trinajstić information content (AvgIpc) is 3.07. The molecule has 2 heterocycles. The zero-order valence-electron chi connectivity index (χ0n) is 15.4. The van der Waals surface area contributed by atoms with Crippen molar-refractivity contribution in [3.8, 4) is 0 Å². The molecule has 8 nitrogen and oxygen atoms in total. The molecule has 2 N–H and O–H groups in total. The normalized spacial score (nSPS) is 13.2. The second-order valence-corrected chi connectivity index (χ2v) is 5.86. The Kier molecular flexibility index (Phi) is 5.35. The maximum atomic E-state index is 12.7. The second-order valence-electron chi connectivity index (χ2n) is 5.86. The predicted octanol–water partition coefficient (Wildman–Crippen LogP) is 2.63. The number of fused-ring (bicyclic) bond motifs is 1. The van der Waals surface area contributed by atoms with E-state index in [9.17, 15) is 9.59 Å². The van der Waals surface area contributed by atoms with Gasteiger partial charge in [0.05, 0.1) is 29.7 Å². The first-order chi connectivity index (χ1) is 13.0. The number of amidine groups is 1. The van der Waals surface area contributed by atoms with Crippen LogP contribution < -0.4 is 10.6 Å². The molecule has 0 atom stereocenters. The van der Waals surface area contributed by atoms with Gasteiger partial charge in [0.25, 0.3) is 5.91 Å². The van der Waals surface area contributed by atoms with Crippen LogP contribution in [0.15, 0.2) is 52.9 Å². The Labute approximate surface area is 156 Å². The number of aromatic nitrogens is 2. The highest BCUT2D eigenvalue weighted by Crippen LogP contribution is 2.30. The Hall–Kier alpha value is -3.42. The van der Waals surface area contributed by atoms with Crippen LogP contribution in [0.1, 0.15) is 31.1 Å². The van der Waals surface area contributed by atoms with Crippen LogP contribution in [-0.4, -0.2) is 34.1 Å². The highest BCUT2D eigenvalue weighted by atomic mass is 16.5. The molecule has 0 aliphatic carbocycles. The number of nitrogens with one attached hydrogen (secondary N) is 2. The summed E-state index contributed by atoms with van der Waals surface area (Å²) in [6.07, 6.45) is 3.11. The average molecular weight is 367 g/mol. The van der Waals surface area contributed by atoms with Gasteiger partial charge in [-0.05, 0) is 32.9 Å². The first kappa shape index (κ1) is 18.4. The van der Waals surface area contributed by atoms with Gasteiger partial charge >= 0.3 is 5.97 Å². The lowest BCUT2D eigenvalue weighted by molar-refractivity contribution is -0.137. The van der Waals surface area contributed by atoms with Gasteiger partial charge in [-0.2, -0.15) is 5.10 Å². The molecular weight excluding hydrogens is 346 g/mol. The quantitative estimate of drug-likeness (QED) is 0.810. The number of hydrogen-bond donors (Lipinski definition) is 2. The molecule has 0 bridgehead atoms. The van der Waals surface area contributed by atoms with E-state index in [1.54, 1.807) is 30.8 Å². The van der Waals surface area contributed by atoms with Crippen LogP contribution in [0.5, 0.6) is 0 Å². The van der Waals surface area contributed by atoms with Gasteiger partial charge in [-0.25, -0.2) is 9.79 Å². The fourth-order valence-corrected chi connectivity index (χ4v) is 2.67. The summed E-state index contributed by atoms with van der Waals surface area (Å²) in [6.45, 7) is 6.26. The molecule has 27 heavy (non-hydrogen) atoms. The van der Waals surface area contributed by atoms with Gasteiger partial charge in [-0.3, -0.25) is 9.48 Å². The van der Waals surface area contributed by atoms with Crippen molar-refractivity contribution in [2.45, 2.75) is 27.3 Å². The molecule has 2 aromatic rings. The van der Waals surface area contributed by atoms with Crippen LogP contribution in [0.25, 0.3) is 0 Å². The summed E-state index contributed by atoms with van der Waals surface area (Å²) in [7, 11) is 0. The molecule has 0 saturated heterocycles. The number of esters is 1. The molecular formula is C19H21N5O3. The fraction of sp³-hybridized carbons (Fsp3) is 0.263. The molecule has 1 amide bonds. The summed E-state index contributed by atoms with van der Waals surface area (Å²) in [5.41, 5.74) is 2.45. The summed E-state index contributed by atoms with van der Waals surface area (Å²) >= 11 is 0. The van der Waals surface area contributed by atoms with Gasteiger partial charge in [0, 0.05) is 18.4 Å². The molecule has 1 aliphatic rings. The topological polar surface area (TPSA) is 97.6 Å². The zero-order valence-corrected chi connectivity index (χ0v) is 15.4. The third-order valence-corrected chi connectivity index (χ3v) is 4.00. The van der Waals surface area contributed by atoms with Crippen molar-refractivity contribution < 1.29 is 14.3 Å². The molecule has 3 rings (SSSR count). The number of carbonyl (C=O) groups is 2. The molecule has 0 radical (unpaired) electrons. The molecule has 0 saturated carbocycles. The standard InChI is InChI=1S/C19H21N5O3/c1-4-24-11-13(10-20-24)18(25)23-17-16(19(26)27-5-2)12(3)21-14-8-6-7-9-15(14)22-17/h6-11,21H,4-5H2,1-3H3,(H,22,23,25). The first-order valence-electron chi connectivity index (χ1n) is 8.70. The molecule has 140 valence electrons. The van der Waals surface area contributed by atoms with E-state index in [0.29, 0.717) is 23.5 Å². The van der Waals surface area contributed by atoms with E-state index in [0.717, 1.165) is 5.69 Å². The number of aryl methyl sites for hydroxylation is 1. The van der Waals surface area contributed by atoms with E-state index in [2.05, 4.69) is 20.7 Å². The summed E-state index contributed by atoms with van der Waals surface area (Å²) < 4.78 is 6.81.